The van der Waals surface area contributed by atoms with Crippen molar-refractivity contribution < 1.29 is 14.3 Å². The molecule has 1 aliphatic rings. The van der Waals surface area contributed by atoms with E-state index in [1.165, 1.54) is 0 Å². The molecule has 0 radical (unpaired) electrons. The molecule has 0 spiro atoms. The topological polar surface area (TPSA) is 58.6 Å². The number of benzene rings is 2. The number of nitrogens with zero attached hydrogens (tertiary/aromatic N) is 1. The van der Waals surface area contributed by atoms with Gasteiger partial charge >= 0.3 is 5.97 Å². The highest BCUT2D eigenvalue weighted by Gasteiger charge is 2.35. The van der Waals surface area contributed by atoms with Gasteiger partial charge in [0.2, 0.25) is 0 Å². The molecule has 6 heteroatoms. The Bertz CT molecular complexity index is 920. The van der Waals surface area contributed by atoms with E-state index in [0.717, 1.165) is 16.8 Å². The molecule has 0 amide bonds. The third-order valence-electron chi connectivity index (χ3n) is 4.99. The van der Waals surface area contributed by atoms with Crippen LogP contribution in [0.15, 0.2) is 59.8 Å². The summed E-state index contributed by atoms with van der Waals surface area (Å²) in [6.45, 7) is 6.57. The van der Waals surface area contributed by atoms with E-state index in [2.05, 4.69) is 5.32 Å². The number of allylic oxidation sites excluding steroid dienone is 1. The third-order valence-corrected chi connectivity index (χ3v) is 5.24. The molecule has 0 aromatic heterocycles. The molecular formula is C23H25ClN2O3. The van der Waals surface area contributed by atoms with E-state index < -0.39 is 0 Å². The lowest BCUT2D eigenvalue weighted by Crippen LogP contribution is -2.46. The summed E-state index contributed by atoms with van der Waals surface area (Å²) >= 11 is 5.93. The summed E-state index contributed by atoms with van der Waals surface area (Å²) in [6.07, 6.45) is 0. The average molecular weight is 413 g/mol. The number of carbonyl (C=O) groups excluding carboxylic acids is 2. The molecule has 2 aromatic rings. The Morgan fingerprint density at radius 1 is 1.10 bits per heavy atom. The second kappa shape index (κ2) is 9.25. The van der Waals surface area contributed by atoms with Crippen LogP contribution in [0.1, 0.15) is 41.4 Å². The molecule has 1 atom stereocenters. The van der Waals surface area contributed by atoms with E-state index in [0.29, 0.717) is 29.4 Å². The van der Waals surface area contributed by atoms with Crippen molar-refractivity contribution in [3.05, 3.63) is 81.5 Å². The summed E-state index contributed by atoms with van der Waals surface area (Å²) in [5, 5.41) is 3.81. The third kappa shape index (κ3) is 4.86. The van der Waals surface area contributed by atoms with Crippen LogP contribution < -0.4 is 5.32 Å². The zero-order valence-corrected chi connectivity index (χ0v) is 17.6. The smallest absolute Gasteiger partial charge is 0.337 e. The second-order valence-corrected chi connectivity index (χ2v) is 7.52. The van der Waals surface area contributed by atoms with Gasteiger partial charge in [-0.3, -0.25) is 9.69 Å². The minimum absolute atomic E-state index is 0.0386. The maximum Gasteiger partial charge on any atom is 0.337 e. The minimum atomic E-state index is -0.369. The predicted octanol–water partition coefficient (Wildman–Crippen LogP) is 4.27. The first kappa shape index (κ1) is 21.1. The summed E-state index contributed by atoms with van der Waals surface area (Å²) in [6, 6.07) is 14.5. The van der Waals surface area contributed by atoms with Crippen molar-refractivity contribution in [2.75, 3.05) is 19.8 Å². The van der Waals surface area contributed by atoms with Crippen molar-refractivity contribution >= 4 is 23.4 Å². The van der Waals surface area contributed by atoms with Crippen LogP contribution in [0.4, 0.5) is 0 Å². The van der Waals surface area contributed by atoms with Gasteiger partial charge in [0.15, 0.2) is 5.78 Å². The van der Waals surface area contributed by atoms with E-state index in [4.69, 9.17) is 16.3 Å². The van der Waals surface area contributed by atoms with Crippen LogP contribution in [0, 0.1) is 6.92 Å². The van der Waals surface area contributed by atoms with E-state index in [1.54, 1.807) is 31.2 Å². The normalized spacial score (nSPS) is 17.0. The highest BCUT2D eigenvalue weighted by atomic mass is 35.5. The molecule has 0 fully saturated rings. The summed E-state index contributed by atoms with van der Waals surface area (Å²) < 4.78 is 5.32. The second-order valence-electron chi connectivity index (χ2n) is 7.08. The highest BCUT2D eigenvalue weighted by Crippen LogP contribution is 2.33. The van der Waals surface area contributed by atoms with Crippen LogP contribution in [0.25, 0.3) is 0 Å². The SMILES string of the molecule is CCOC(=O)C1=C(C)NCN(CC(=O)c2ccc(Cl)cc2)C1c1ccc(C)cc1. The number of aryl methyl sites for hydroxylation is 1. The Kier molecular flexibility index (Phi) is 6.72. The lowest BCUT2D eigenvalue weighted by atomic mass is 9.93. The Hall–Kier alpha value is -2.63. The van der Waals surface area contributed by atoms with Crippen LogP contribution in [-0.4, -0.2) is 36.5 Å². The fraction of sp³-hybridized carbons (Fsp3) is 0.304. The standard InChI is InChI=1S/C23H25ClN2O3/c1-4-29-23(28)21-16(3)25-14-26(22(21)18-7-5-15(2)6-8-18)13-20(27)17-9-11-19(24)12-10-17/h5-12,22,25H,4,13-14H2,1-3H3. The fourth-order valence-corrected chi connectivity index (χ4v) is 3.58. The summed E-state index contributed by atoms with van der Waals surface area (Å²) in [5.74, 6) is -0.407. The first-order valence-electron chi connectivity index (χ1n) is 9.61. The fourth-order valence-electron chi connectivity index (χ4n) is 3.45. The number of esters is 1. The number of halogens is 1. The van der Waals surface area contributed by atoms with Crippen LogP contribution >= 0.6 is 11.6 Å². The van der Waals surface area contributed by atoms with Crippen molar-refractivity contribution in [2.45, 2.75) is 26.8 Å². The Morgan fingerprint density at radius 3 is 2.38 bits per heavy atom. The molecule has 0 saturated heterocycles. The van der Waals surface area contributed by atoms with Crippen LogP contribution in [0.2, 0.25) is 5.02 Å². The summed E-state index contributed by atoms with van der Waals surface area (Å²) in [7, 11) is 0. The Balaban J connectivity index is 1.96. The van der Waals surface area contributed by atoms with E-state index in [1.807, 2.05) is 43.0 Å². The Labute approximate surface area is 176 Å². The molecule has 1 heterocycles. The van der Waals surface area contributed by atoms with Gasteiger partial charge in [0.1, 0.15) is 0 Å². The molecule has 0 aliphatic carbocycles. The van der Waals surface area contributed by atoms with Crippen molar-refractivity contribution in [2.24, 2.45) is 0 Å². The molecule has 152 valence electrons. The highest BCUT2D eigenvalue weighted by molar-refractivity contribution is 6.30. The molecule has 1 unspecified atom stereocenters. The first-order valence-corrected chi connectivity index (χ1v) is 9.99. The molecule has 0 bridgehead atoms. The number of ketones is 1. The van der Waals surface area contributed by atoms with Gasteiger partial charge in [-0.2, -0.15) is 0 Å². The molecule has 1 N–H and O–H groups in total. The zero-order valence-electron chi connectivity index (χ0n) is 16.9. The maximum absolute atomic E-state index is 12.9. The molecule has 1 aliphatic heterocycles. The predicted molar refractivity (Wildman–Crippen MR) is 114 cm³/mol. The number of rotatable bonds is 6. The van der Waals surface area contributed by atoms with Gasteiger partial charge in [-0.15, -0.1) is 0 Å². The maximum atomic E-state index is 12.9. The average Bonchev–Trinajstić information content (AvgIpc) is 2.70. The van der Waals surface area contributed by atoms with Gasteiger partial charge in [-0.25, -0.2) is 4.79 Å². The lowest BCUT2D eigenvalue weighted by Gasteiger charge is -2.38. The van der Waals surface area contributed by atoms with Crippen molar-refractivity contribution in [1.29, 1.82) is 0 Å². The quantitative estimate of drug-likeness (QED) is 0.567. The largest absolute Gasteiger partial charge is 0.463 e. The number of ether oxygens (including phenoxy) is 1. The van der Waals surface area contributed by atoms with Gasteiger partial charge in [0.05, 0.1) is 31.4 Å². The lowest BCUT2D eigenvalue weighted by molar-refractivity contribution is -0.139. The number of Topliss-reactive ketones (excluding diaryl/α,β-unsaturated/α-hetero) is 1. The number of hydrogen-bond donors (Lipinski definition) is 1. The van der Waals surface area contributed by atoms with Crippen LogP contribution in [0.5, 0.6) is 0 Å². The van der Waals surface area contributed by atoms with Crippen LogP contribution in [-0.2, 0) is 9.53 Å². The number of carbonyl (C=O) groups is 2. The monoisotopic (exact) mass is 412 g/mol. The molecular weight excluding hydrogens is 388 g/mol. The molecule has 5 nitrogen and oxygen atoms in total. The van der Waals surface area contributed by atoms with Gasteiger partial charge < -0.3 is 10.1 Å². The summed E-state index contributed by atoms with van der Waals surface area (Å²) in [4.78, 5) is 27.6. The van der Waals surface area contributed by atoms with E-state index in [9.17, 15) is 9.59 Å². The first-order chi connectivity index (χ1) is 13.9. The summed E-state index contributed by atoms with van der Waals surface area (Å²) in [5.41, 5.74) is 3.96. The van der Waals surface area contributed by atoms with Gasteiger partial charge in [0, 0.05) is 16.3 Å². The van der Waals surface area contributed by atoms with Crippen molar-refractivity contribution in [3.63, 3.8) is 0 Å². The van der Waals surface area contributed by atoms with Crippen molar-refractivity contribution in [1.82, 2.24) is 10.2 Å². The molecule has 2 aromatic carbocycles. The van der Waals surface area contributed by atoms with E-state index >= 15 is 0 Å². The Morgan fingerprint density at radius 2 is 1.76 bits per heavy atom. The van der Waals surface area contributed by atoms with E-state index in [-0.39, 0.29) is 24.3 Å². The van der Waals surface area contributed by atoms with Gasteiger partial charge in [0.25, 0.3) is 0 Å². The van der Waals surface area contributed by atoms with Crippen LogP contribution in [0.3, 0.4) is 0 Å². The number of hydrogen-bond acceptors (Lipinski definition) is 5. The minimum Gasteiger partial charge on any atom is -0.463 e. The molecule has 0 saturated carbocycles. The molecule has 3 rings (SSSR count). The van der Waals surface area contributed by atoms with Gasteiger partial charge in [-0.1, -0.05) is 41.4 Å². The van der Waals surface area contributed by atoms with Gasteiger partial charge in [-0.05, 0) is 50.6 Å². The number of nitrogens with one attached hydrogen (secondary N) is 1. The zero-order chi connectivity index (χ0) is 21.0. The molecule has 29 heavy (non-hydrogen) atoms. The van der Waals surface area contributed by atoms with Crippen molar-refractivity contribution in [3.8, 4) is 0 Å².